The number of rotatable bonds is 6. The van der Waals surface area contributed by atoms with Crippen molar-refractivity contribution in [3.63, 3.8) is 0 Å². The third kappa shape index (κ3) is 5.30. The van der Waals surface area contributed by atoms with Crippen molar-refractivity contribution in [2.75, 3.05) is 4.90 Å². The summed E-state index contributed by atoms with van der Waals surface area (Å²) in [6.07, 6.45) is -0.166. The molecule has 2 aliphatic carbocycles. The van der Waals surface area contributed by atoms with Crippen LogP contribution in [0.1, 0.15) is 45.2 Å². The van der Waals surface area contributed by atoms with Crippen molar-refractivity contribution >= 4 is 99.5 Å². The first-order valence-corrected chi connectivity index (χ1v) is 18.2. The van der Waals surface area contributed by atoms with Gasteiger partial charge in [-0.2, -0.15) is 0 Å². The van der Waals surface area contributed by atoms with Crippen LogP contribution < -0.4 is 4.90 Å². The summed E-state index contributed by atoms with van der Waals surface area (Å²) in [5.74, 6) is -1.66. The molecule has 7 nitrogen and oxygen atoms in total. The second-order valence-electron chi connectivity index (χ2n) is 12.6. The molecular formula is C36H28Br3ClN2O5. The number of imide groups is 1. The first-order valence-electron chi connectivity index (χ1n) is 15.2. The molecule has 1 saturated heterocycles. The molecule has 4 aromatic rings. The molecule has 3 aliphatic rings. The van der Waals surface area contributed by atoms with Gasteiger partial charge in [0.15, 0.2) is 6.10 Å². The molecule has 7 atom stereocenters. The summed E-state index contributed by atoms with van der Waals surface area (Å²) in [6, 6.07) is 17.5. The van der Waals surface area contributed by atoms with Gasteiger partial charge in [-0.05, 0) is 84.8 Å². The number of benzene rings is 3. The molecule has 2 heterocycles. The van der Waals surface area contributed by atoms with E-state index >= 15 is 0 Å². The Morgan fingerprint density at radius 1 is 0.936 bits per heavy atom. The monoisotopic (exact) mass is 840 g/mol. The van der Waals surface area contributed by atoms with E-state index in [-0.39, 0.29) is 56.5 Å². The van der Waals surface area contributed by atoms with E-state index in [1.807, 2.05) is 26.0 Å². The maximum absolute atomic E-state index is 13.7. The molecule has 0 N–H and O–H groups in total. The van der Waals surface area contributed by atoms with Crippen LogP contribution in [0.5, 0.6) is 0 Å². The number of pyridine rings is 1. The summed E-state index contributed by atoms with van der Waals surface area (Å²) in [7, 11) is 0. The normalized spacial score (nSPS) is 25.4. The molecular weight excluding hydrogens is 816 g/mol. The third-order valence-electron chi connectivity index (χ3n) is 9.84. The lowest BCUT2D eigenvalue weighted by molar-refractivity contribution is -0.123. The Morgan fingerprint density at radius 2 is 1.53 bits per heavy atom. The summed E-state index contributed by atoms with van der Waals surface area (Å²) < 4.78 is 6.32. The first kappa shape index (κ1) is 32.6. The van der Waals surface area contributed by atoms with Crippen molar-refractivity contribution in [1.29, 1.82) is 0 Å². The predicted molar refractivity (Wildman–Crippen MR) is 192 cm³/mol. The number of ether oxygens (including phenoxy) is 1. The number of esters is 1. The van der Waals surface area contributed by atoms with Crippen LogP contribution in [0.15, 0.2) is 65.1 Å². The average Bonchev–Trinajstić information content (AvgIpc) is 3.68. The summed E-state index contributed by atoms with van der Waals surface area (Å²) in [5.41, 5.74) is 4.49. The van der Waals surface area contributed by atoms with Gasteiger partial charge in [0.25, 0.3) is 0 Å². The fourth-order valence-electron chi connectivity index (χ4n) is 7.39. The van der Waals surface area contributed by atoms with Crippen LogP contribution >= 0.6 is 59.4 Å². The van der Waals surface area contributed by atoms with Gasteiger partial charge in [0.2, 0.25) is 17.6 Å². The standard InChI is InChI=1S/C36H28Br3ClN2O5/c1-15-4-6-19(7-5-15)33(43)17(3)47-36(46)22-14-26(41-32-16(2)31(40)25(37)13-21(22)32)18-8-10-20(11-9-18)42-34(44)27-23-12-24(28(27)35(42)45)30(39)29(23)38/h4-11,13-14,17,23-24,27-30H,12H2,1-3H3. The second kappa shape index (κ2) is 12.2. The number of carbonyl (C=O) groups excluding carboxylic acids is 4. The first-order chi connectivity index (χ1) is 22.4. The number of alkyl halides is 2. The minimum absolute atomic E-state index is 0.125. The Morgan fingerprint density at radius 3 is 2.13 bits per heavy atom. The van der Waals surface area contributed by atoms with Crippen LogP contribution in [-0.2, 0) is 14.3 Å². The minimum Gasteiger partial charge on any atom is -0.451 e. The van der Waals surface area contributed by atoms with Crippen LogP contribution in [0.25, 0.3) is 22.2 Å². The number of ketones is 1. The zero-order valence-electron chi connectivity index (χ0n) is 25.5. The second-order valence-corrected chi connectivity index (χ2v) is 15.9. The van der Waals surface area contributed by atoms with Gasteiger partial charge in [-0.15, -0.1) is 0 Å². The van der Waals surface area contributed by atoms with E-state index in [1.54, 1.807) is 55.5 Å². The molecule has 0 spiro atoms. The third-order valence-corrected chi connectivity index (χ3v) is 14.4. The minimum atomic E-state index is -1.03. The molecule has 1 aromatic heterocycles. The maximum atomic E-state index is 13.7. The molecule has 3 fully saturated rings. The number of nitrogens with zero attached hydrogens (tertiary/aromatic N) is 2. The van der Waals surface area contributed by atoms with Crippen molar-refractivity contribution < 1.29 is 23.9 Å². The highest BCUT2D eigenvalue weighted by Crippen LogP contribution is 2.60. The Labute approximate surface area is 301 Å². The number of halogens is 4. The van der Waals surface area contributed by atoms with Gasteiger partial charge in [0, 0.05) is 30.6 Å². The molecule has 0 radical (unpaired) electrons. The van der Waals surface area contributed by atoms with Gasteiger partial charge in [0.1, 0.15) is 0 Å². The van der Waals surface area contributed by atoms with Crippen LogP contribution in [0.3, 0.4) is 0 Å². The number of anilines is 1. The number of amides is 2. The van der Waals surface area contributed by atoms with Gasteiger partial charge in [0.05, 0.1) is 39.3 Å². The number of hydrogen-bond acceptors (Lipinski definition) is 6. The van der Waals surface area contributed by atoms with Gasteiger partial charge in [-0.25, -0.2) is 9.78 Å². The van der Waals surface area contributed by atoms with Crippen molar-refractivity contribution in [1.82, 2.24) is 4.98 Å². The predicted octanol–water partition coefficient (Wildman–Crippen LogP) is 8.65. The highest BCUT2D eigenvalue weighted by molar-refractivity contribution is 9.12. The quantitative estimate of drug-likeness (QED) is 0.0836. The number of hydrogen-bond donors (Lipinski definition) is 0. The number of aryl methyl sites for hydroxylation is 2. The Hall–Kier alpha value is -2.92. The topological polar surface area (TPSA) is 93.6 Å². The van der Waals surface area contributed by atoms with Crippen molar-refractivity contribution in [2.45, 2.75) is 43.0 Å². The Bertz CT molecular complexity index is 1970. The highest BCUT2D eigenvalue weighted by atomic mass is 79.9. The SMILES string of the molecule is Cc1ccc(C(=O)C(C)OC(=O)c2cc(-c3ccc(N4C(=O)C5C6CC(C(Br)C6Br)C5C4=O)cc3)nc3c(C)c(Cl)c(Br)cc23)cc1. The van der Waals surface area contributed by atoms with Crippen molar-refractivity contribution in [3.05, 3.63) is 92.4 Å². The summed E-state index contributed by atoms with van der Waals surface area (Å²) in [4.78, 5) is 60.4. The lowest BCUT2D eigenvalue weighted by Gasteiger charge is -2.28. The molecule has 3 aromatic carbocycles. The Balaban J connectivity index is 1.21. The zero-order chi connectivity index (χ0) is 33.5. The maximum Gasteiger partial charge on any atom is 0.339 e. The van der Waals surface area contributed by atoms with Gasteiger partial charge < -0.3 is 4.74 Å². The number of fused-ring (bicyclic) bond motifs is 6. The lowest BCUT2D eigenvalue weighted by atomic mass is 9.81. The van der Waals surface area contributed by atoms with E-state index in [0.717, 1.165) is 12.0 Å². The fraction of sp³-hybridized carbons (Fsp3) is 0.306. The van der Waals surface area contributed by atoms with E-state index in [4.69, 9.17) is 21.3 Å². The average molecular weight is 844 g/mol. The molecule has 2 amide bonds. The highest BCUT2D eigenvalue weighted by Gasteiger charge is 2.66. The summed E-state index contributed by atoms with van der Waals surface area (Å²) in [6.45, 7) is 5.30. The molecule has 240 valence electrons. The van der Waals surface area contributed by atoms with Gasteiger partial charge in [-0.3, -0.25) is 19.3 Å². The molecule has 2 saturated carbocycles. The Kier molecular flexibility index (Phi) is 8.47. The van der Waals surface area contributed by atoms with Crippen LogP contribution in [0, 0.1) is 37.5 Å². The zero-order valence-corrected chi connectivity index (χ0v) is 31.0. The molecule has 11 heteroatoms. The van der Waals surface area contributed by atoms with Crippen LogP contribution in [-0.4, -0.2) is 44.3 Å². The van der Waals surface area contributed by atoms with E-state index in [2.05, 4.69) is 47.8 Å². The van der Waals surface area contributed by atoms with Crippen molar-refractivity contribution in [3.8, 4) is 11.3 Å². The molecule has 1 aliphatic heterocycles. The van der Waals surface area contributed by atoms with Gasteiger partial charge >= 0.3 is 5.97 Å². The van der Waals surface area contributed by atoms with Crippen LogP contribution in [0.2, 0.25) is 5.02 Å². The number of Topliss-reactive ketones (excluding diaryl/α,β-unsaturated/α-hetero) is 1. The largest absolute Gasteiger partial charge is 0.451 e. The van der Waals surface area contributed by atoms with E-state index < -0.39 is 12.1 Å². The number of carbonyl (C=O) groups is 4. The molecule has 7 rings (SSSR count). The fourth-order valence-corrected chi connectivity index (χ4v) is 9.94. The van der Waals surface area contributed by atoms with Crippen LogP contribution in [0.4, 0.5) is 5.69 Å². The van der Waals surface area contributed by atoms with E-state index in [1.165, 1.54) is 4.90 Å². The number of aromatic nitrogens is 1. The van der Waals surface area contributed by atoms with Crippen molar-refractivity contribution in [2.24, 2.45) is 23.7 Å². The smallest absolute Gasteiger partial charge is 0.339 e. The molecule has 2 bridgehead atoms. The van der Waals surface area contributed by atoms with E-state index in [0.29, 0.717) is 48.5 Å². The van der Waals surface area contributed by atoms with Gasteiger partial charge in [-0.1, -0.05) is 85.4 Å². The summed E-state index contributed by atoms with van der Waals surface area (Å²) >= 11 is 17.5. The summed E-state index contributed by atoms with van der Waals surface area (Å²) in [5, 5.41) is 0.977. The molecule has 47 heavy (non-hydrogen) atoms. The lowest BCUT2D eigenvalue weighted by Crippen LogP contribution is -2.37. The van der Waals surface area contributed by atoms with E-state index in [9.17, 15) is 19.2 Å². The molecule has 7 unspecified atom stereocenters.